The van der Waals surface area contributed by atoms with Crippen LogP contribution in [0.4, 0.5) is 0 Å². The van der Waals surface area contributed by atoms with Gasteiger partial charge in [0.05, 0.1) is 0 Å². The van der Waals surface area contributed by atoms with E-state index in [2.05, 4.69) is 0 Å². The lowest BCUT2D eigenvalue weighted by molar-refractivity contribution is -0.142. The van der Waals surface area contributed by atoms with Crippen LogP contribution in [-0.4, -0.2) is 33.7 Å². The van der Waals surface area contributed by atoms with Crippen molar-refractivity contribution >= 4 is 17.8 Å². The molecular weight excluding hydrogens is 312 g/mol. The number of aromatic hydroxyl groups is 3. The zero-order valence-corrected chi connectivity index (χ0v) is 12.7. The highest BCUT2D eigenvalue weighted by Gasteiger charge is 2.07. The van der Waals surface area contributed by atoms with E-state index < -0.39 is 5.97 Å². The number of ether oxygens (including phenoxy) is 1. The van der Waals surface area contributed by atoms with E-state index in [1.54, 1.807) is 12.1 Å². The highest BCUT2D eigenvalue weighted by Crippen LogP contribution is 2.25. The van der Waals surface area contributed by atoms with E-state index in [0.717, 1.165) is 6.08 Å². The smallest absolute Gasteiger partial charge is 0.331 e. The second-order valence-electron chi connectivity index (χ2n) is 5.07. The van der Waals surface area contributed by atoms with Crippen LogP contribution < -0.4 is 0 Å². The molecular formula is C18H16O6. The average Bonchev–Trinajstić information content (AvgIpc) is 2.54. The molecule has 124 valence electrons. The van der Waals surface area contributed by atoms with Crippen molar-refractivity contribution in [3.05, 3.63) is 59.7 Å². The van der Waals surface area contributed by atoms with Gasteiger partial charge >= 0.3 is 5.97 Å². The van der Waals surface area contributed by atoms with E-state index in [1.165, 1.54) is 36.4 Å². The van der Waals surface area contributed by atoms with Gasteiger partial charge in [0.15, 0.2) is 23.9 Å². The van der Waals surface area contributed by atoms with E-state index in [1.807, 2.05) is 0 Å². The molecule has 0 atom stereocenters. The molecule has 6 heteroatoms. The standard InChI is InChI=1S/C18H16O6/c19-14-3-1-2-13(8-14)9-15(20)11-24-18(23)7-5-12-4-6-16(21)17(22)10-12/h1-8,10,19,21-22H,9,11H2. The van der Waals surface area contributed by atoms with Crippen LogP contribution in [0.3, 0.4) is 0 Å². The van der Waals surface area contributed by atoms with Gasteiger partial charge in [-0.15, -0.1) is 0 Å². The quantitative estimate of drug-likeness (QED) is 0.426. The van der Waals surface area contributed by atoms with Crippen molar-refractivity contribution < 1.29 is 29.6 Å². The van der Waals surface area contributed by atoms with Gasteiger partial charge < -0.3 is 20.1 Å². The maximum Gasteiger partial charge on any atom is 0.331 e. The minimum absolute atomic E-state index is 0.0528. The molecule has 0 radical (unpaired) electrons. The van der Waals surface area contributed by atoms with Crippen molar-refractivity contribution in [3.8, 4) is 17.2 Å². The first kappa shape index (κ1) is 17.1. The molecule has 0 aliphatic carbocycles. The van der Waals surface area contributed by atoms with Crippen LogP contribution in [0, 0.1) is 0 Å². The van der Waals surface area contributed by atoms with Crippen LogP contribution in [0.25, 0.3) is 6.08 Å². The van der Waals surface area contributed by atoms with Crippen molar-refractivity contribution in [1.82, 2.24) is 0 Å². The van der Waals surface area contributed by atoms with Crippen molar-refractivity contribution in [1.29, 1.82) is 0 Å². The summed E-state index contributed by atoms with van der Waals surface area (Å²) in [7, 11) is 0. The van der Waals surface area contributed by atoms with Crippen molar-refractivity contribution in [2.75, 3.05) is 6.61 Å². The van der Waals surface area contributed by atoms with Crippen LogP contribution in [0.5, 0.6) is 17.2 Å². The fourth-order valence-corrected chi connectivity index (χ4v) is 1.95. The van der Waals surface area contributed by atoms with E-state index in [9.17, 15) is 24.9 Å². The van der Waals surface area contributed by atoms with Gasteiger partial charge in [-0.3, -0.25) is 4.79 Å². The fourth-order valence-electron chi connectivity index (χ4n) is 1.95. The predicted molar refractivity (Wildman–Crippen MR) is 86.6 cm³/mol. The molecule has 0 aromatic heterocycles. The van der Waals surface area contributed by atoms with Gasteiger partial charge in [-0.1, -0.05) is 18.2 Å². The molecule has 2 aromatic rings. The Hall–Kier alpha value is -3.28. The van der Waals surface area contributed by atoms with Crippen molar-refractivity contribution in [2.45, 2.75) is 6.42 Å². The molecule has 0 bridgehead atoms. The SMILES string of the molecule is O=C(COC(=O)C=Cc1ccc(O)c(O)c1)Cc1cccc(O)c1. The van der Waals surface area contributed by atoms with E-state index in [-0.39, 0.29) is 36.1 Å². The van der Waals surface area contributed by atoms with Gasteiger partial charge in [0.1, 0.15) is 5.75 Å². The molecule has 0 unspecified atom stereocenters. The number of ketones is 1. The van der Waals surface area contributed by atoms with Crippen LogP contribution in [0.15, 0.2) is 48.5 Å². The van der Waals surface area contributed by atoms with Gasteiger partial charge in [-0.05, 0) is 41.5 Å². The molecule has 2 rings (SSSR count). The Morgan fingerprint density at radius 3 is 2.50 bits per heavy atom. The first-order valence-corrected chi connectivity index (χ1v) is 7.10. The number of phenolic OH excluding ortho intramolecular Hbond substituents is 3. The Bertz CT molecular complexity index is 779. The summed E-state index contributed by atoms with van der Waals surface area (Å²) >= 11 is 0. The minimum atomic E-state index is -0.702. The molecule has 24 heavy (non-hydrogen) atoms. The monoisotopic (exact) mass is 328 g/mol. The van der Waals surface area contributed by atoms with E-state index in [0.29, 0.717) is 11.1 Å². The Labute approximate surface area is 138 Å². The molecule has 0 fully saturated rings. The topological polar surface area (TPSA) is 104 Å². The number of carbonyl (C=O) groups is 2. The summed E-state index contributed by atoms with van der Waals surface area (Å²) in [6.07, 6.45) is 2.56. The second-order valence-corrected chi connectivity index (χ2v) is 5.07. The third kappa shape index (κ3) is 5.17. The van der Waals surface area contributed by atoms with Gasteiger partial charge in [0, 0.05) is 12.5 Å². The number of benzene rings is 2. The van der Waals surface area contributed by atoms with Crippen LogP contribution >= 0.6 is 0 Å². The fraction of sp³-hybridized carbons (Fsp3) is 0.111. The summed E-state index contributed by atoms with van der Waals surface area (Å²) in [5.41, 5.74) is 1.12. The highest BCUT2D eigenvalue weighted by molar-refractivity contribution is 5.90. The second kappa shape index (κ2) is 7.82. The van der Waals surface area contributed by atoms with Gasteiger partial charge in [0.2, 0.25) is 0 Å². The zero-order chi connectivity index (χ0) is 17.5. The number of rotatable bonds is 6. The maximum absolute atomic E-state index is 11.7. The summed E-state index contributed by atoms with van der Waals surface area (Å²) in [5, 5.41) is 27.8. The largest absolute Gasteiger partial charge is 0.508 e. The number of hydrogen-bond donors (Lipinski definition) is 3. The first-order chi connectivity index (χ1) is 11.4. The highest BCUT2D eigenvalue weighted by atomic mass is 16.5. The molecule has 3 N–H and O–H groups in total. The summed E-state index contributed by atoms with van der Waals surface area (Å²) in [6, 6.07) is 10.4. The number of hydrogen-bond acceptors (Lipinski definition) is 6. The lowest BCUT2D eigenvalue weighted by Gasteiger charge is -2.03. The first-order valence-electron chi connectivity index (χ1n) is 7.10. The normalized spacial score (nSPS) is 10.7. The Balaban J connectivity index is 1.83. The Kier molecular flexibility index (Phi) is 5.57. The molecule has 2 aromatic carbocycles. The third-order valence-electron chi connectivity index (χ3n) is 3.10. The van der Waals surface area contributed by atoms with Crippen LogP contribution in [0.2, 0.25) is 0 Å². The summed E-state index contributed by atoms with van der Waals surface area (Å²) in [5.74, 6) is -1.49. The molecule has 0 amide bonds. The summed E-state index contributed by atoms with van der Waals surface area (Å²) < 4.78 is 4.83. The number of carbonyl (C=O) groups excluding carboxylic acids is 2. The van der Waals surface area contributed by atoms with Gasteiger partial charge in [-0.25, -0.2) is 4.79 Å². The number of phenols is 3. The van der Waals surface area contributed by atoms with Gasteiger partial charge in [0.25, 0.3) is 0 Å². The lowest BCUT2D eigenvalue weighted by atomic mass is 10.1. The van der Waals surface area contributed by atoms with Crippen molar-refractivity contribution in [3.63, 3.8) is 0 Å². The molecule has 0 heterocycles. The molecule has 0 aliphatic rings. The average molecular weight is 328 g/mol. The predicted octanol–water partition coefficient (Wildman–Crippen LogP) is 2.17. The molecule has 0 aliphatic heterocycles. The van der Waals surface area contributed by atoms with E-state index in [4.69, 9.17) is 4.74 Å². The molecule has 0 spiro atoms. The zero-order valence-electron chi connectivity index (χ0n) is 12.7. The maximum atomic E-state index is 11.7. The van der Waals surface area contributed by atoms with Crippen LogP contribution in [0.1, 0.15) is 11.1 Å². The van der Waals surface area contributed by atoms with E-state index >= 15 is 0 Å². The molecule has 6 nitrogen and oxygen atoms in total. The molecule has 0 saturated carbocycles. The lowest BCUT2D eigenvalue weighted by Crippen LogP contribution is -2.14. The third-order valence-corrected chi connectivity index (χ3v) is 3.10. The van der Waals surface area contributed by atoms with Crippen LogP contribution in [-0.2, 0) is 20.7 Å². The molecule has 0 saturated heterocycles. The number of Topliss-reactive ketones (excluding diaryl/α,β-unsaturated/α-hetero) is 1. The van der Waals surface area contributed by atoms with Gasteiger partial charge in [-0.2, -0.15) is 0 Å². The summed E-state index contributed by atoms with van der Waals surface area (Å²) in [4.78, 5) is 23.3. The minimum Gasteiger partial charge on any atom is -0.508 e. The summed E-state index contributed by atoms with van der Waals surface area (Å²) in [6.45, 7) is -0.375. The Morgan fingerprint density at radius 2 is 1.79 bits per heavy atom. The number of esters is 1. The Morgan fingerprint density at radius 1 is 1.00 bits per heavy atom. The van der Waals surface area contributed by atoms with Crippen molar-refractivity contribution in [2.24, 2.45) is 0 Å².